The van der Waals surface area contributed by atoms with Crippen LogP contribution < -0.4 is 5.32 Å². The Morgan fingerprint density at radius 1 is 1.39 bits per heavy atom. The van der Waals surface area contributed by atoms with Crippen molar-refractivity contribution in [3.05, 3.63) is 39.9 Å². The molecule has 1 aromatic carbocycles. The van der Waals surface area contributed by atoms with Crippen LogP contribution in [-0.2, 0) is 6.54 Å². The molecule has 2 nitrogen and oxygen atoms in total. The first-order valence-corrected chi connectivity index (χ1v) is 7.32. The van der Waals surface area contributed by atoms with Crippen LogP contribution in [0.15, 0.2) is 24.4 Å². The highest BCUT2D eigenvalue weighted by Crippen LogP contribution is 2.29. The van der Waals surface area contributed by atoms with Gasteiger partial charge in [0.2, 0.25) is 0 Å². The first-order valence-electron chi connectivity index (χ1n) is 6.12. The summed E-state index contributed by atoms with van der Waals surface area (Å²) in [6, 6.07) is 5.94. The van der Waals surface area contributed by atoms with E-state index < -0.39 is 0 Å². The van der Waals surface area contributed by atoms with Crippen LogP contribution in [0.4, 0.5) is 0 Å². The molecule has 2 rings (SSSR count). The number of hydrogen-bond acceptors (Lipinski definition) is 3. The Bertz CT molecular complexity index is 522. The summed E-state index contributed by atoms with van der Waals surface area (Å²) in [5, 5.41) is 5.23. The van der Waals surface area contributed by atoms with Crippen LogP contribution in [0.1, 0.15) is 23.8 Å². The lowest BCUT2D eigenvalue weighted by Gasteiger charge is -2.02. The summed E-state index contributed by atoms with van der Waals surface area (Å²) in [4.78, 5) is 5.76. The molecule has 18 heavy (non-hydrogen) atoms. The molecule has 4 heteroatoms. The lowest BCUT2D eigenvalue weighted by molar-refractivity contribution is 0.681. The van der Waals surface area contributed by atoms with E-state index in [1.165, 1.54) is 16.0 Å². The number of thiazole rings is 1. The summed E-state index contributed by atoms with van der Waals surface area (Å²) in [7, 11) is 0. The van der Waals surface area contributed by atoms with Crippen LogP contribution in [-0.4, -0.2) is 11.5 Å². The highest BCUT2D eigenvalue weighted by molar-refractivity contribution is 7.15. The summed E-state index contributed by atoms with van der Waals surface area (Å²) in [6.45, 7) is 6.19. The van der Waals surface area contributed by atoms with Crippen LogP contribution in [0, 0.1) is 6.92 Å². The van der Waals surface area contributed by atoms with E-state index in [4.69, 9.17) is 11.6 Å². The Morgan fingerprint density at radius 2 is 2.22 bits per heavy atom. The third-order valence-corrected chi connectivity index (χ3v) is 3.96. The fraction of sp³-hybridized carbons (Fsp3) is 0.357. The van der Waals surface area contributed by atoms with Crippen molar-refractivity contribution in [2.24, 2.45) is 0 Å². The maximum Gasteiger partial charge on any atom is 0.123 e. The van der Waals surface area contributed by atoms with Gasteiger partial charge in [0, 0.05) is 28.2 Å². The van der Waals surface area contributed by atoms with E-state index in [0.29, 0.717) is 0 Å². The second-order valence-corrected chi connectivity index (χ2v) is 5.82. The predicted octanol–water partition coefficient (Wildman–Crippen LogP) is 4.27. The predicted molar refractivity (Wildman–Crippen MR) is 79.3 cm³/mol. The summed E-state index contributed by atoms with van der Waals surface area (Å²) in [5.41, 5.74) is 2.34. The van der Waals surface area contributed by atoms with Crippen molar-refractivity contribution >= 4 is 22.9 Å². The number of aromatic nitrogens is 1. The van der Waals surface area contributed by atoms with E-state index in [2.05, 4.69) is 24.1 Å². The van der Waals surface area contributed by atoms with Gasteiger partial charge in [-0.05, 0) is 37.6 Å². The van der Waals surface area contributed by atoms with Crippen LogP contribution in [0.3, 0.4) is 0 Å². The van der Waals surface area contributed by atoms with Gasteiger partial charge in [0.1, 0.15) is 5.01 Å². The molecule has 0 fully saturated rings. The van der Waals surface area contributed by atoms with Crippen molar-refractivity contribution in [2.45, 2.75) is 26.8 Å². The average Bonchev–Trinajstić information content (AvgIpc) is 2.78. The fourth-order valence-electron chi connectivity index (χ4n) is 1.77. The van der Waals surface area contributed by atoms with E-state index in [1.54, 1.807) is 11.3 Å². The second kappa shape index (κ2) is 6.32. The summed E-state index contributed by atoms with van der Waals surface area (Å²) >= 11 is 7.71. The molecular formula is C14H17ClN2S. The Balaban J connectivity index is 2.13. The number of rotatable bonds is 5. The lowest BCUT2D eigenvalue weighted by atomic mass is 10.1. The minimum Gasteiger partial charge on any atom is -0.312 e. The first kappa shape index (κ1) is 13.5. The number of aryl methyl sites for hydroxylation is 1. The minimum absolute atomic E-state index is 0.776. The third kappa shape index (κ3) is 3.31. The lowest BCUT2D eigenvalue weighted by Crippen LogP contribution is -2.12. The maximum absolute atomic E-state index is 5.97. The van der Waals surface area contributed by atoms with E-state index in [0.717, 1.165) is 29.5 Å². The summed E-state index contributed by atoms with van der Waals surface area (Å²) < 4.78 is 0. The second-order valence-electron chi connectivity index (χ2n) is 4.27. The van der Waals surface area contributed by atoms with Crippen molar-refractivity contribution in [2.75, 3.05) is 6.54 Å². The van der Waals surface area contributed by atoms with Gasteiger partial charge in [0.25, 0.3) is 0 Å². The molecule has 0 atom stereocenters. The number of halogens is 1. The SMILES string of the molecule is CCCNCc1cnc(-c2ccc(Cl)cc2C)s1. The molecule has 1 aromatic heterocycles. The monoisotopic (exact) mass is 280 g/mol. The molecular weight excluding hydrogens is 264 g/mol. The van der Waals surface area contributed by atoms with Gasteiger partial charge in [-0.2, -0.15) is 0 Å². The molecule has 96 valence electrons. The Morgan fingerprint density at radius 3 is 2.94 bits per heavy atom. The summed E-state index contributed by atoms with van der Waals surface area (Å²) in [5.74, 6) is 0. The van der Waals surface area contributed by atoms with Gasteiger partial charge in [-0.25, -0.2) is 4.98 Å². The molecule has 1 heterocycles. The van der Waals surface area contributed by atoms with Crippen LogP contribution in [0.25, 0.3) is 10.6 Å². The van der Waals surface area contributed by atoms with Gasteiger partial charge >= 0.3 is 0 Å². The zero-order chi connectivity index (χ0) is 13.0. The molecule has 0 aliphatic rings. The Hall–Kier alpha value is -0.900. The number of nitrogens with one attached hydrogen (secondary N) is 1. The average molecular weight is 281 g/mol. The van der Waals surface area contributed by atoms with Crippen molar-refractivity contribution in [3.8, 4) is 10.6 Å². The fourth-order valence-corrected chi connectivity index (χ4v) is 2.97. The molecule has 0 radical (unpaired) electrons. The molecule has 2 aromatic rings. The third-order valence-electron chi connectivity index (χ3n) is 2.70. The first-order chi connectivity index (χ1) is 8.70. The molecule has 0 aliphatic carbocycles. The summed E-state index contributed by atoms with van der Waals surface area (Å²) in [6.07, 6.45) is 3.11. The van der Waals surface area contributed by atoms with Gasteiger partial charge in [0.15, 0.2) is 0 Å². The molecule has 0 saturated carbocycles. The highest BCUT2D eigenvalue weighted by Gasteiger charge is 2.07. The normalized spacial score (nSPS) is 10.8. The molecule has 0 saturated heterocycles. The number of nitrogens with zero attached hydrogens (tertiary/aromatic N) is 1. The van der Waals surface area contributed by atoms with E-state index in [1.807, 2.05) is 24.4 Å². The zero-order valence-electron chi connectivity index (χ0n) is 10.7. The zero-order valence-corrected chi connectivity index (χ0v) is 12.2. The Kier molecular flexibility index (Phi) is 4.75. The van der Waals surface area contributed by atoms with Crippen molar-refractivity contribution in [1.82, 2.24) is 10.3 Å². The minimum atomic E-state index is 0.776. The standard InChI is InChI=1S/C14H17ClN2S/c1-3-6-16-8-12-9-17-14(18-12)13-5-4-11(15)7-10(13)2/h4-5,7,9,16H,3,6,8H2,1-2H3. The highest BCUT2D eigenvalue weighted by atomic mass is 35.5. The van der Waals surface area contributed by atoms with E-state index >= 15 is 0 Å². The molecule has 0 bridgehead atoms. The number of hydrogen-bond donors (Lipinski definition) is 1. The smallest absolute Gasteiger partial charge is 0.123 e. The van der Waals surface area contributed by atoms with Gasteiger partial charge in [0.05, 0.1) is 0 Å². The molecule has 1 N–H and O–H groups in total. The Labute approximate surface area is 117 Å². The van der Waals surface area contributed by atoms with Gasteiger partial charge in [-0.1, -0.05) is 24.6 Å². The van der Waals surface area contributed by atoms with E-state index in [-0.39, 0.29) is 0 Å². The number of benzene rings is 1. The van der Waals surface area contributed by atoms with Crippen LogP contribution >= 0.6 is 22.9 Å². The van der Waals surface area contributed by atoms with Crippen molar-refractivity contribution < 1.29 is 0 Å². The molecule has 0 unspecified atom stereocenters. The van der Waals surface area contributed by atoms with Crippen molar-refractivity contribution in [3.63, 3.8) is 0 Å². The maximum atomic E-state index is 5.97. The van der Waals surface area contributed by atoms with Crippen LogP contribution in [0.2, 0.25) is 5.02 Å². The largest absolute Gasteiger partial charge is 0.312 e. The quantitative estimate of drug-likeness (QED) is 0.827. The van der Waals surface area contributed by atoms with Crippen molar-refractivity contribution in [1.29, 1.82) is 0 Å². The molecule has 0 spiro atoms. The van der Waals surface area contributed by atoms with Crippen LogP contribution in [0.5, 0.6) is 0 Å². The molecule has 0 aliphatic heterocycles. The molecule has 0 amide bonds. The van der Waals surface area contributed by atoms with E-state index in [9.17, 15) is 0 Å². The topological polar surface area (TPSA) is 24.9 Å². The van der Waals surface area contributed by atoms with Gasteiger partial charge < -0.3 is 5.32 Å². The van der Waals surface area contributed by atoms with Gasteiger partial charge in [-0.15, -0.1) is 11.3 Å². The van der Waals surface area contributed by atoms with Gasteiger partial charge in [-0.3, -0.25) is 0 Å².